The molecular formula is C23H28N4OS2. The fourth-order valence-electron chi connectivity index (χ4n) is 3.70. The van der Waals surface area contributed by atoms with Crippen LogP contribution in [0.15, 0.2) is 48.0 Å². The van der Waals surface area contributed by atoms with Crippen molar-refractivity contribution in [2.24, 2.45) is 0 Å². The Labute approximate surface area is 186 Å². The minimum atomic E-state index is -0.0120. The molecule has 3 aromatic rings. The topological polar surface area (TPSA) is 48.5 Å². The van der Waals surface area contributed by atoms with E-state index in [9.17, 15) is 4.79 Å². The third-order valence-electron chi connectivity index (χ3n) is 5.39. The fraction of sp³-hybridized carbons (Fsp3) is 0.391. The van der Waals surface area contributed by atoms with Crippen molar-refractivity contribution in [1.29, 1.82) is 0 Å². The number of benzene rings is 1. The molecule has 1 aliphatic heterocycles. The first-order valence-corrected chi connectivity index (χ1v) is 12.2. The highest BCUT2D eigenvalue weighted by Crippen LogP contribution is 2.28. The highest BCUT2D eigenvalue weighted by atomic mass is 32.1. The zero-order chi connectivity index (χ0) is 20.8. The molecule has 1 fully saturated rings. The van der Waals surface area contributed by atoms with Gasteiger partial charge in [-0.1, -0.05) is 18.2 Å². The Morgan fingerprint density at radius 3 is 2.77 bits per heavy atom. The molecule has 2 aromatic heterocycles. The van der Waals surface area contributed by atoms with Gasteiger partial charge in [-0.15, -0.1) is 22.7 Å². The lowest BCUT2D eigenvalue weighted by Gasteiger charge is -2.36. The minimum Gasteiger partial charge on any atom is -0.369 e. The standard InChI is InChI=1S/C23H28N4OS2/c1-18-6-4-7-19(16-18)27-13-11-26(12-14-27)10-3-2-9-24-22(28)21-17-25-23(30-21)20-8-5-15-29-20/h4-8,15-17H,2-3,9-14H2,1H3,(H,24,28). The Bertz CT molecular complexity index is 946. The highest BCUT2D eigenvalue weighted by molar-refractivity contribution is 7.21. The molecule has 0 unspecified atom stereocenters. The van der Waals surface area contributed by atoms with Crippen molar-refractivity contribution in [1.82, 2.24) is 15.2 Å². The fourth-order valence-corrected chi connectivity index (χ4v) is 5.33. The normalized spacial score (nSPS) is 14.8. The lowest BCUT2D eigenvalue weighted by molar-refractivity contribution is 0.0956. The number of nitrogens with zero attached hydrogens (tertiary/aromatic N) is 3. The van der Waals surface area contributed by atoms with Gasteiger partial charge in [-0.3, -0.25) is 9.69 Å². The predicted octanol–water partition coefficient (Wildman–Crippen LogP) is 4.51. The van der Waals surface area contributed by atoms with Crippen LogP contribution in [0.1, 0.15) is 28.1 Å². The number of carbonyl (C=O) groups is 1. The molecule has 5 nitrogen and oxygen atoms in total. The van der Waals surface area contributed by atoms with E-state index in [1.807, 2.05) is 17.5 Å². The third-order valence-corrected chi connectivity index (χ3v) is 7.42. The molecule has 1 aliphatic rings. The van der Waals surface area contributed by atoms with Crippen LogP contribution in [0.4, 0.5) is 5.69 Å². The van der Waals surface area contributed by atoms with Crippen LogP contribution in [0, 0.1) is 6.92 Å². The summed E-state index contributed by atoms with van der Waals surface area (Å²) in [7, 11) is 0. The number of aromatic nitrogens is 1. The maximum absolute atomic E-state index is 12.3. The number of thiazole rings is 1. The quantitative estimate of drug-likeness (QED) is 0.524. The van der Waals surface area contributed by atoms with E-state index in [0.29, 0.717) is 11.4 Å². The Morgan fingerprint density at radius 2 is 2.00 bits per heavy atom. The van der Waals surface area contributed by atoms with Crippen LogP contribution in [-0.2, 0) is 0 Å². The van der Waals surface area contributed by atoms with Crippen LogP contribution in [-0.4, -0.2) is 55.1 Å². The first-order chi connectivity index (χ1) is 14.7. The molecule has 1 aromatic carbocycles. The number of carbonyl (C=O) groups excluding carboxylic acids is 1. The van der Waals surface area contributed by atoms with E-state index in [2.05, 4.69) is 51.3 Å². The summed E-state index contributed by atoms with van der Waals surface area (Å²) < 4.78 is 0. The maximum Gasteiger partial charge on any atom is 0.263 e. The molecule has 0 radical (unpaired) electrons. The molecule has 7 heteroatoms. The number of hydrogen-bond donors (Lipinski definition) is 1. The summed E-state index contributed by atoms with van der Waals surface area (Å²) in [6, 6.07) is 12.8. The average Bonchev–Trinajstić information content (AvgIpc) is 3.46. The van der Waals surface area contributed by atoms with Crippen LogP contribution in [0.3, 0.4) is 0 Å². The number of anilines is 1. The molecule has 1 amide bonds. The minimum absolute atomic E-state index is 0.0120. The molecule has 158 valence electrons. The molecule has 1 saturated heterocycles. The summed E-state index contributed by atoms with van der Waals surface area (Å²) in [6.45, 7) is 8.33. The van der Waals surface area contributed by atoms with Crippen molar-refractivity contribution in [3.8, 4) is 9.88 Å². The summed E-state index contributed by atoms with van der Waals surface area (Å²) in [5.41, 5.74) is 2.65. The van der Waals surface area contributed by atoms with Gasteiger partial charge < -0.3 is 10.2 Å². The first-order valence-electron chi connectivity index (χ1n) is 10.5. The van der Waals surface area contributed by atoms with Crippen LogP contribution in [0.5, 0.6) is 0 Å². The summed E-state index contributed by atoms with van der Waals surface area (Å²) >= 11 is 3.11. The molecule has 0 bridgehead atoms. The second kappa shape index (κ2) is 10.2. The van der Waals surface area contributed by atoms with Crippen molar-refractivity contribution in [3.63, 3.8) is 0 Å². The van der Waals surface area contributed by atoms with E-state index in [0.717, 1.165) is 55.5 Å². The van der Waals surface area contributed by atoms with Gasteiger partial charge in [0.2, 0.25) is 0 Å². The van der Waals surface area contributed by atoms with Crippen LogP contribution in [0.2, 0.25) is 0 Å². The molecule has 0 spiro atoms. The molecule has 0 aliphatic carbocycles. The second-order valence-corrected chi connectivity index (χ2v) is 9.62. The molecule has 3 heterocycles. The highest BCUT2D eigenvalue weighted by Gasteiger charge is 2.17. The van der Waals surface area contributed by atoms with Gasteiger partial charge in [0.05, 0.1) is 11.1 Å². The zero-order valence-corrected chi connectivity index (χ0v) is 19.0. The van der Waals surface area contributed by atoms with E-state index in [4.69, 9.17) is 0 Å². The van der Waals surface area contributed by atoms with Crippen LogP contribution in [0.25, 0.3) is 9.88 Å². The van der Waals surface area contributed by atoms with E-state index in [-0.39, 0.29) is 5.91 Å². The molecule has 4 rings (SSSR count). The smallest absolute Gasteiger partial charge is 0.263 e. The SMILES string of the molecule is Cc1cccc(N2CCN(CCCCNC(=O)c3cnc(-c4cccs4)s3)CC2)c1. The summed E-state index contributed by atoms with van der Waals surface area (Å²) in [4.78, 5) is 23.5. The number of piperazine rings is 1. The number of thiophene rings is 1. The Hall–Kier alpha value is -2.22. The number of amides is 1. The Balaban J connectivity index is 1.12. The molecule has 1 N–H and O–H groups in total. The second-order valence-electron chi connectivity index (χ2n) is 7.64. The summed E-state index contributed by atoms with van der Waals surface area (Å²) in [5.74, 6) is -0.0120. The maximum atomic E-state index is 12.3. The van der Waals surface area contributed by atoms with E-state index >= 15 is 0 Å². The zero-order valence-electron chi connectivity index (χ0n) is 17.3. The van der Waals surface area contributed by atoms with Gasteiger partial charge in [-0.25, -0.2) is 4.98 Å². The number of hydrogen-bond acceptors (Lipinski definition) is 6. The summed E-state index contributed by atoms with van der Waals surface area (Å²) in [5, 5.41) is 5.98. The Kier molecular flexibility index (Phi) is 7.15. The largest absolute Gasteiger partial charge is 0.369 e. The average molecular weight is 441 g/mol. The number of unbranched alkanes of at least 4 members (excludes halogenated alkanes) is 1. The van der Waals surface area contributed by atoms with Crippen molar-refractivity contribution in [2.75, 3.05) is 44.2 Å². The van der Waals surface area contributed by atoms with Crippen molar-refractivity contribution < 1.29 is 4.79 Å². The van der Waals surface area contributed by atoms with Gasteiger partial charge >= 0.3 is 0 Å². The van der Waals surface area contributed by atoms with Gasteiger partial charge in [-0.2, -0.15) is 0 Å². The van der Waals surface area contributed by atoms with Gasteiger partial charge in [0.1, 0.15) is 9.88 Å². The number of aryl methyl sites for hydroxylation is 1. The predicted molar refractivity (Wildman–Crippen MR) is 127 cm³/mol. The molecular weight excluding hydrogens is 412 g/mol. The van der Waals surface area contributed by atoms with E-state index in [1.165, 1.54) is 22.6 Å². The first kappa shape index (κ1) is 21.0. The van der Waals surface area contributed by atoms with Gasteiger partial charge in [0, 0.05) is 38.4 Å². The number of rotatable bonds is 8. The van der Waals surface area contributed by atoms with Crippen LogP contribution < -0.4 is 10.2 Å². The Morgan fingerprint density at radius 1 is 1.13 bits per heavy atom. The van der Waals surface area contributed by atoms with Gasteiger partial charge in [-0.05, 0) is 55.5 Å². The van der Waals surface area contributed by atoms with Gasteiger partial charge in [0.25, 0.3) is 5.91 Å². The summed E-state index contributed by atoms with van der Waals surface area (Å²) in [6.07, 6.45) is 3.79. The lowest BCUT2D eigenvalue weighted by Crippen LogP contribution is -2.46. The van der Waals surface area contributed by atoms with Crippen molar-refractivity contribution in [3.05, 3.63) is 58.4 Å². The van der Waals surface area contributed by atoms with E-state index < -0.39 is 0 Å². The third kappa shape index (κ3) is 5.47. The van der Waals surface area contributed by atoms with Crippen molar-refractivity contribution in [2.45, 2.75) is 19.8 Å². The molecule has 30 heavy (non-hydrogen) atoms. The number of nitrogens with one attached hydrogen (secondary N) is 1. The van der Waals surface area contributed by atoms with Crippen molar-refractivity contribution >= 4 is 34.3 Å². The van der Waals surface area contributed by atoms with E-state index in [1.54, 1.807) is 17.5 Å². The lowest BCUT2D eigenvalue weighted by atomic mass is 10.2. The van der Waals surface area contributed by atoms with Gasteiger partial charge in [0.15, 0.2) is 0 Å². The monoisotopic (exact) mass is 440 g/mol. The molecule has 0 atom stereocenters. The van der Waals surface area contributed by atoms with Crippen LogP contribution >= 0.6 is 22.7 Å². The molecule has 0 saturated carbocycles.